The SMILES string of the molecule is COc1ccc(OC)c2c1CC2OC. The summed E-state index contributed by atoms with van der Waals surface area (Å²) in [5.74, 6) is 1.81. The van der Waals surface area contributed by atoms with Gasteiger partial charge in [-0.05, 0) is 12.1 Å². The van der Waals surface area contributed by atoms with E-state index in [0.29, 0.717) is 0 Å². The monoisotopic (exact) mass is 194 g/mol. The van der Waals surface area contributed by atoms with Crippen LogP contribution >= 0.6 is 0 Å². The Kier molecular flexibility index (Phi) is 2.33. The van der Waals surface area contributed by atoms with Crippen LogP contribution in [-0.4, -0.2) is 21.3 Å². The summed E-state index contributed by atoms with van der Waals surface area (Å²) < 4.78 is 15.9. The zero-order chi connectivity index (χ0) is 10.1. The molecule has 0 fully saturated rings. The molecule has 76 valence electrons. The lowest BCUT2D eigenvalue weighted by Gasteiger charge is -2.31. The Bertz CT molecular complexity index is 347. The molecule has 1 unspecified atom stereocenters. The third-order valence-electron chi connectivity index (χ3n) is 2.71. The van der Waals surface area contributed by atoms with Crippen molar-refractivity contribution in [1.29, 1.82) is 0 Å². The maximum Gasteiger partial charge on any atom is 0.125 e. The van der Waals surface area contributed by atoms with Gasteiger partial charge in [-0.3, -0.25) is 0 Å². The van der Waals surface area contributed by atoms with Crippen LogP contribution in [0.4, 0.5) is 0 Å². The number of fused-ring (bicyclic) bond motifs is 1. The molecule has 1 aliphatic carbocycles. The number of benzene rings is 1. The van der Waals surface area contributed by atoms with E-state index in [0.717, 1.165) is 23.5 Å². The van der Waals surface area contributed by atoms with Crippen LogP contribution in [0.5, 0.6) is 11.5 Å². The van der Waals surface area contributed by atoms with Gasteiger partial charge in [0.1, 0.15) is 11.5 Å². The van der Waals surface area contributed by atoms with E-state index in [4.69, 9.17) is 14.2 Å². The molecule has 0 heterocycles. The minimum atomic E-state index is 0.162. The molecule has 1 aromatic carbocycles. The second kappa shape index (κ2) is 3.50. The fourth-order valence-electron chi connectivity index (χ4n) is 1.91. The number of ether oxygens (including phenoxy) is 3. The highest BCUT2D eigenvalue weighted by Crippen LogP contribution is 2.46. The quantitative estimate of drug-likeness (QED) is 0.736. The zero-order valence-corrected chi connectivity index (χ0v) is 8.66. The summed E-state index contributed by atoms with van der Waals surface area (Å²) in [6.45, 7) is 0. The Morgan fingerprint density at radius 1 is 1.07 bits per heavy atom. The molecule has 2 rings (SSSR count). The van der Waals surface area contributed by atoms with Crippen LogP contribution in [0.3, 0.4) is 0 Å². The fraction of sp³-hybridized carbons (Fsp3) is 0.455. The standard InChI is InChI=1S/C11H14O3/c1-12-8-4-5-9(13-2)11-7(8)6-10(11)14-3/h4-5,10H,6H2,1-3H3. The van der Waals surface area contributed by atoms with Crippen molar-refractivity contribution >= 4 is 0 Å². The molecular weight excluding hydrogens is 180 g/mol. The summed E-state index contributed by atoms with van der Waals surface area (Å²) >= 11 is 0. The zero-order valence-electron chi connectivity index (χ0n) is 8.66. The molecule has 0 N–H and O–H groups in total. The smallest absolute Gasteiger partial charge is 0.125 e. The first-order valence-corrected chi connectivity index (χ1v) is 4.58. The molecule has 14 heavy (non-hydrogen) atoms. The number of rotatable bonds is 3. The predicted octanol–water partition coefficient (Wildman–Crippen LogP) is 1.95. The maximum absolute atomic E-state index is 5.32. The Balaban J connectivity index is 2.45. The van der Waals surface area contributed by atoms with Crippen LogP contribution in [0.1, 0.15) is 17.2 Å². The van der Waals surface area contributed by atoms with E-state index in [1.54, 1.807) is 21.3 Å². The highest BCUT2D eigenvalue weighted by atomic mass is 16.5. The first-order valence-electron chi connectivity index (χ1n) is 4.58. The van der Waals surface area contributed by atoms with Gasteiger partial charge in [0.05, 0.1) is 20.3 Å². The van der Waals surface area contributed by atoms with Gasteiger partial charge >= 0.3 is 0 Å². The second-order valence-corrected chi connectivity index (χ2v) is 3.29. The second-order valence-electron chi connectivity index (χ2n) is 3.29. The average molecular weight is 194 g/mol. The van der Waals surface area contributed by atoms with Crippen LogP contribution in [0.2, 0.25) is 0 Å². The van der Waals surface area contributed by atoms with Crippen molar-refractivity contribution in [3.05, 3.63) is 23.3 Å². The van der Waals surface area contributed by atoms with Crippen LogP contribution in [0, 0.1) is 0 Å². The minimum absolute atomic E-state index is 0.162. The summed E-state index contributed by atoms with van der Waals surface area (Å²) in [5.41, 5.74) is 2.34. The maximum atomic E-state index is 5.32. The molecule has 0 aliphatic heterocycles. The van der Waals surface area contributed by atoms with Crippen molar-refractivity contribution < 1.29 is 14.2 Å². The van der Waals surface area contributed by atoms with E-state index >= 15 is 0 Å². The largest absolute Gasteiger partial charge is 0.496 e. The third kappa shape index (κ3) is 1.16. The fourth-order valence-corrected chi connectivity index (χ4v) is 1.91. The van der Waals surface area contributed by atoms with E-state index in [1.165, 1.54) is 5.56 Å². The van der Waals surface area contributed by atoms with E-state index in [-0.39, 0.29) is 6.10 Å². The Morgan fingerprint density at radius 2 is 1.71 bits per heavy atom. The topological polar surface area (TPSA) is 27.7 Å². The van der Waals surface area contributed by atoms with Gasteiger partial charge in [0.15, 0.2) is 0 Å². The Labute approximate surface area is 83.6 Å². The number of hydrogen-bond acceptors (Lipinski definition) is 3. The molecule has 0 aromatic heterocycles. The molecule has 1 aromatic rings. The van der Waals surface area contributed by atoms with Crippen molar-refractivity contribution in [3.63, 3.8) is 0 Å². The molecule has 1 aliphatic rings. The summed E-state index contributed by atoms with van der Waals surface area (Å²) in [5, 5.41) is 0. The first-order chi connectivity index (χ1) is 6.81. The molecule has 0 radical (unpaired) electrons. The highest BCUT2D eigenvalue weighted by Gasteiger charge is 2.32. The summed E-state index contributed by atoms with van der Waals surface area (Å²) in [4.78, 5) is 0. The van der Waals surface area contributed by atoms with E-state index < -0.39 is 0 Å². The van der Waals surface area contributed by atoms with Gasteiger partial charge in [-0.2, -0.15) is 0 Å². The normalized spacial score (nSPS) is 18.4. The lowest BCUT2D eigenvalue weighted by molar-refractivity contribution is 0.0800. The van der Waals surface area contributed by atoms with Gasteiger partial charge in [0.2, 0.25) is 0 Å². The third-order valence-corrected chi connectivity index (χ3v) is 2.71. The molecular formula is C11H14O3. The van der Waals surface area contributed by atoms with Gasteiger partial charge in [-0.15, -0.1) is 0 Å². The average Bonchev–Trinajstić information content (AvgIpc) is 2.19. The molecule has 0 bridgehead atoms. The molecule has 3 heteroatoms. The number of methoxy groups -OCH3 is 3. The molecule has 1 atom stereocenters. The van der Waals surface area contributed by atoms with Crippen molar-refractivity contribution in [2.45, 2.75) is 12.5 Å². The molecule has 0 amide bonds. The van der Waals surface area contributed by atoms with Crippen LogP contribution in [0.25, 0.3) is 0 Å². The van der Waals surface area contributed by atoms with Crippen molar-refractivity contribution in [3.8, 4) is 11.5 Å². The lowest BCUT2D eigenvalue weighted by atomic mass is 9.84. The summed E-state index contributed by atoms with van der Waals surface area (Å²) in [6, 6.07) is 3.85. The Hall–Kier alpha value is -1.22. The van der Waals surface area contributed by atoms with Crippen LogP contribution < -0.4 is 9.47 Å². The van der Waals surface area contributed by atoms with E-state index in [2.05, 4.69) is 0 Å². The molecule has 3 nitrogen and oxygen atoms in total. The van der Waals surface area contributed by atoms with Crippen molar-refractivity contribution in [2.75, 3.05) is 21.3 Å². The van der Waals surface area contributed by atoms with Crippen LogP contribution in [0.15, 0.2) is 12.1 Å². The highest BCUT2D eigenvalue weighted by molar-refractivity contribution is 5.55. The molecule has 0 saturated carbocycles. The van der Waals surface area contributed by atoms with Crippen molar-refractivity contribution in [2.24, 2.45) is 0 Å². The number of hydrogen-bond donors (Lipinski definition) is 0. The van der Waals surface area contributed by atoms with Gasteiger partial charge in [0.25, 0.3) is 0 Å². The van der Waals surface area contributed by atoms with Gasteiger partial charge in [-0.1, -0.05) is 0 Å². The lowest BCUT2D eigenvalue weighted by Crippen LogP contribution is -2.20. The van der Waals surface area contributed by atoms with E-state index in [9.17, 15) is 0 Å². The van der Waals surface area contributed by atoms with Gasteiger partial charge < -0.3 is 14.2 Å². The summed E-state index contributed by atoms with van der Waals surface area (Å²) in [7, 11) is 5.07. The Morgan fingerprint density at radius 3 is 2.29 bits per heavy atom. The van der Waals surface area contributed by atoms with Crippen LogP contribution in [-0.2, 0) is 11.2 Å². The van der Waals surface area contributed by atoms with Crippen molar-refractivity contribution in [1.82, 2.24) is 0 Å². The first kappa shape index (κ1) is 9.34. The molecule has 0 saturated heterocycles. The van der Waals surface area contributed by atoms with E-state index in [1.807, 2.05) is 12.1 Å². The molecule has 0 spiro atoms. The van der Waals surface area contributed by atoms with Gasteiger partial charge in [-0.25, -0.2) is 0 Å². The predicted molar refractivity (Wildman–Crippen MR) is 53.0 cm³/mol. The van der Waals surface area contributed by atoms with Gasteiger partial charge in [0, 0.05) is 24.7 Å². The minimum Gasteiger partial charge on any atom is -0.496 e. The summed E-state index contributed by atoms with van der Waals surface area (Å²) in [6.07, 6.45) is 1.07.